The standard InChI is InChI=1S/C30H34F2N4O5S/c1-19-8-11-23(12-9-19)42(40,41)36-26(18-27(37)35-30(2,3)4)29(39)34-15-14-33-28(38)24-17-21(10-13-25(24)32)20-6-5-7-22(31)16-20/h5-13,16-17,26,36H,14-15,18H2,1-4H3,(H,33,38)(H,34,39)(H,35,37)/t26-/m0/s1. The van der Waals surface area contributed by atoms with Gasteiger partial charge in [-0.15, -0.1) is 0 Å². The number of sulfonamides is 1. The molecule has 3 amide bonds. The Morgan fingerprint density at radius 2 is 1.50 bits per heavy atom. The summed E-state index contributed by atoms with van der Waals surface area (Å²) in [4.78, 5) is 38.1. The Morgan fingerprint density at radius 3 is 2.14 bits per heavy atom. The molecule has 0 fully saturated rings. The summed E-state index contributed by atoms with van der Waals surface area (Å²) in [5.74, 6) is -3.36. The molecule has 0 saturated heterocycles. The van der Waals surface area contributed by atoms with Crippen molar-refractivity contribution in [1.29, 1.82) is 0 Å². The fourth-order valence-electron chi connectivity index (χ4n) is 3.94. The number of amides is 3. The highest BCUT2D eigenvalue weighted by molar-refractivity contribution is 7.89. The molecule has 1 atom stereocenters. The van der Waals surface area contributed by atoms with Crippen LogP contribution in [0.4, 0.5) is 8.78 Å². The number of hydrogen-bond acceptors (Lipinski definition) is 5. The van der Waals surface area contributed by atoms with E-state index in [1.165, 1.54) is 42.5 Å². The van der Waals surface area contributed by atoms with Gasteiger partial charge in [0.05, 0.1) is 16.9 Å². The Bertz CT molecular complexity index is 1550. The molecule has 3 aromatic carbocycles. The molecule has 3 rings (SSSR count). The summed E-state index contributed by atoms with van der Waals surface area (Å²) in [6.45, 7) is 6.77. The molecule has 0 aliphatic carbocycles. The first kappa shape index (κ1) is 32.4. The van der Waals surface area contributed by atoms with Crippen molar-refractivity contribution in [3.63, 3.8) is 0 Å². The lowest BCUT2D eigenvalue weighted by Gasteiger charge is -2.23. The van der Waals surface area contributed by atoms with Gasteiger partial charge < -0.3 is 16.0 Å². The van der Waals surface area contributed by atoms with Crippen molar-refractivity contribution in [3.8, 4) is 11.1 Å². The van der Waals surface area contributed by atoms with E-state index < -0.39 is 57.4 Å². The zero-order chi connectivity index (χ0) is 31.1. The zero-order valence-corrected chi connectivity index (χ0v) is 24.6. The van der Waals surface area contributed by atoms with Gasteiger partial charge in [0.1, 0.15) is 17.7 Å². The van der Waals surface area contributed by atoms with Crippen LogP contribution < -0.4 is 20.7 Å². The lowest BCUT2D eigenvalue weighted by atomic mass is 10.0. The highest BCUT2D eigenvalue weighted by Crippen LogP contribution is 2.23. The van der Waals surface area contributed by atoms with Crippen molar-refractivity contribution in [2.24, 2.45) is 0 Å². The first-order valence-electron chi connectivity index (χ1n) is 13.2. The number of nitrogens with one attached hydrogen (secondary N) is 4. The lowest BCUT2D eigenvalue weighted by Crippen LogP contribution is -2.51. The number of halogens is 2. The first-order chi connectivity index (χ1) is 19.6. The van der Waals surface area contributed by atoms with E-state index in [0.29, 0.717) is 11.1 Å². The lowest BCUT2D eigenvalue weighted by molar-refractivity contribution is -0.128. The predicted octanol–water partition coefficient (Wildman–Crippen LogP) is 3.44. The molecule has 0 spiro atoms. The van der Waals surface area contributed by atoms with Crippen molar-refractivity contribution in [2.75, 3.05) is 13.1 Å². The fourth-order valence-corrected chi connectivity index (χ4v) is 5.14. The Labute approximate surface area is 244 Å². The monoisotopic (exact) mass is 600 g/mol. The highest BCUT2D eigenvalue weighted by atomic mass is 32.2. The second-order valence-electron chi connectivity index (χ2n) is 10.7. The van der Waals surface area contributed by atoms with Crippen LogP contribution in [0.5, 0.6) is 0 Å². The summed E-state index contributed by atoms with van der Waals surface area (Å²) >= 11 is 0. The van der Waals surface area contributed by atoms with E-state index in [4.69, 9.17) is 0 Å². The van der Waals surface area contributed by atoms with Crippen LogP contribution in [0.3, 0.4) is 0 Å². The summed E-state index contributed by atoms with van der Waals surface area (Å²) < 4.78 is 56.2. The van der Waals surface area contributed by atoms with E-state index in [1.54, 1.807) is 45.9 Å². The smallest absolute Gasteiger partial charge is 0.254 e. The minimum Gasteiger partial charge on any atom is -0.353 e. The van der Waals surface area contributed by atoms with Crippen LogP contribution in [0.2, 0.25) is 0 Å². The van der Waals surface area contributed by atoms with Gasteiger partial charge in [-0.3, -0.25) is 14.4 Å². The Balaban J connectivity index is 1.65. The summed E-state index contributed by atoms with van der Waals surface area (Å²) in [6, 6.07) is 14.0. The van der Waals surface area contributed by atoms with Gasteiger partial charge in [0.15, 0.2) is 0 Å². The summed E-state index contributed by atoms with van der Waals surface area (Å²) in [5, 5.41) is 7.69. The Kier molecular flexibility index (Phi) is 10.5. The summed E-state index contributed by atoms with van der Waals surface area (Å²) in [7, 11) is -4.15. The van der Waals surface area contributed by atoms with E-state index in [2.05, 4.69) is 20.7 Å². The molecule has 0 aliphatic rings. The van der Waals surface area contributed by atoms with Gasteiger partial charge in [-0.25, -0.2) is 17.2 Å². The maximum atomic E-state index is 14.4. The molecule has 224 valence electrons. The van der Waals surface area contributed by atoms with Crippen LogP contribution in [-0.2, 0) is 19.6 Å². The molecule has 0 radical (unpaired) electrons. The maximum Gasteiger partial charge on any atom is 0.254 e. The largest absolute Gasteiger partial charge is 0.353 e. The normalized spacial score (nSPS) is 12.3. The van der Waals surface area contributed by atoms with Gasteiger partial charge in [-0.05, 0) is 75.2 Å². The van der Waals surface area contributed by atoms with Gasteiger partial charge >= 0.3 is 0 Å². The minimum atomic E-state index is -4.15. The van der Waals surface area contributed by atoms with E-state index in [1.807, 2.05) is 0 Å². The molecule has 42 heavy (non-hydrogen) atoms. The SMILES string of the molecule is Cc1ccc(S(=O)(=O)N[C@@H](CC(=O)NC(C)(C)C)C(=O)NCCNC(=O)c2cc(-c3cccc(F)c3)ccc2F)cc1. The minimum absolute atomic E-state index is 0.0723. The highest BCUT2D eigenvalue weighted by Gasteiger charge is 2.29. The van der Waals surface area contributed by atoms with Crippen LogP contribution in [0, 0.1) is 18.6 Å². The zero-order valence-electron chi connectivity index (χ0n) is 23.8. The third-order valence-corrected chi connectivity index (χ3v) is 7.42. The van der Waals surface area contributed by atoms with Crippen LogP contribution in [0.1, 0.15) is 43.1 Å². The van der Waals surface area contributed by atoms with Gasteiger partial charge in [-0.2, -0.15) is 4.72 Å². The molecule has 12 heteroatoms. The molecule has 0 aromatic heterocycles. The van der Waals surface area contributed by atoms with Crippen molar-refractivity contribution in [3.05, 3.63) is 89.5 Å². The van der Waals surface area contributed by atoms with Gasteiger partial charge in [-0.1, -0.05) is 35.9 Å². The quantitative estimate of drug-likeness (QED) is 0.250. The predicted molar refractivity (Wildman–Crippen MR) is 155 cm³/mol. The van der Waals surface area contributed by atoms with Crippen LogP contribution in [0.25, 0.3) is 11.1 Å². The molecule has 0 saturated carbocycles. The van der Waals surface area contributed by atoms with Crippen LogP contribution in [-0.4, -0.2) is 50.8 Å². The molecular formula is C30H34F2N4O5S. The van der Waals surface area contributed by atoms with Crippen molar-refractivity contribution in [2.45, 2.75) is 50.6 Å². The second-order valence-corrected chi connectivity index (χ2v) is 12.5. The van der Waals surface area contributed by atoms with E-state index in [-0.39, 0.29) is 23.5 Å². The van der Waals surface area contributed by atoms with Gasteiger partial charge in [0.2, 0.25) is 21.8 Å². The number of aryl methyl sites for hydroxylation is 1. The second kappa shape index (κ2) is 13.7. The topological polar surface area (TPSA) is 133 Å². The molecular weight excluding hydrogens is 566 g/mol. The van der Waals surface area contributed by atoms with Crippen molar-refractivity contribution < 1.29 is 31.6 Å². The third kappa shape index (κ3) is 9.45. The summed E-state index contributed by atoms with van der Waals surface area (Å²) in [5.41, 5.74) is 0.859. The Hall–Kier alpha value is -4.16. The number of carbonyl (C=O) groups is 3. The summed E-state index contributed by atoms with van der Waals surface area (Å²) in [6.07, 6.45) is -0.474. The van der Waals surface area contributed by atoms with Gasteiger partial charge in [0.25, 0.3) is 5.91 Å². The molecule has 4 N–H and O–H groups in total. The third-order valence-electron chi connectivity index (χ3n) is 5.93. The average Bonchev–Trinajstić information content (AvgIpc) is 2.89. The number of carbonyl (C=O) groups excluding carboxylic acids is 3. The Morgan fingerprint density at radius 1 is 0.857 bits per heavy atom. The van der Waals surface area contributed by atoms with Crippen molar-refractivity contribution >= 4 is 27.7 Å². The van der Waals surface area contributed by atoms with E-state index in [9.17, 15) is 31.6 Å². The van der Waals surface area contributed by atoms with E-state index in [0.717, 1.165) is 11.6 Å². The van der Waals surface area contributed by atoms with Crippen molar-refractivity contribution in [1.82, 2.24) is 20.7 Å². The molecule has 0 heterocycles. The van der Waals surface area contributed by atoms with Gasteiger partial charge in [0, 0.05) is 18.6 Å². The maximum absolute atomic E-state index is 14.4. The molecule has 0 unspecified atom stereocenters. The number of hydrogen-bond donors (Lipinski definition) is 4. The van der Waals surface area contributed by atoms with Crippen LogP contribution in [0.15, 0.2) is 71.6 Å². The number of rotatable bonds is 11. The van der Waals surface area contributed by atoms with Crippen LogP contribution >= 0.6 is 0 Å². The first-order valence-corrected chi connectivity index (χ1v) is 14.6. The fraction of sp³-hybridized carbons (Fsp3) is 0.300. The molecule has 0 bridgehead atoms. The molecule has 3 aromatic rings. The number of benzene rings is 3. The molecule has 9 nitrogen and oxygen atoms in total. The van der Waals surface area contributed by atoms with E-state index >= 15 is 0 Å². The molecule has 0 aliphatic heterocycles. The average molecular weight is 601 g/mol.